The molecule has 0 aliphatic heterocycles. The molecule has 4 nitrogen and oxygen atoms in total. The number of hydrogen-bond acceptors (Lipinski definition) is 4. The molecule has 0 aliphatic carbocycles. The predicted molar refractivity (Wildman–Crippen MR) is 77.5 cm³/mol. The van der Waals surface area contributed by atoms with E-state index in [0.29, 0.717) is 31.6 Å². The number of rotatable bonds is 7. The number of esters is 1. The first kappa shape index (κ1) is 15.5. The number of carbonyl (C=O) groups excluding carboxylic acids is 2. The summed E-state index contributed by atoms with van der Waals surface area (Å²) in [7, 11) is 0. The predicted octanol–water partition coefficient (Wildman–Crippen LogP) is 3.31. The topological polar surface area (TPSA) is 55.4 Å². The van der Waals surface area contributed by atoms with Crippen LogP contribution in [0.1, 0.15) is 26.2 Å². The Morgan fingerprint density at radius 3 is 2.58 bits per heavy atom. The number of ether oxygens (including phenoxy) is 1. The zero-order chi connectivity index (χ0) is 14.1. The molecule has 0 unspecified atom stereocenters. The lowest BCUT2D eigenvalue weighted by molar-refractivity contribution is -0.143. The molecule has 0 heterocycles. The van der Waals surface area contributed by atoms with Crippen LogP contribution in [0.2, 0.25) is 0 Å². The lowest BCUT2D eigenvalue weighted by Crippen LogP contribution is -2.05. The summed E-state index contributed by atoms with van der Waals surface area (Å²) in [6, 6.07) is 7.46. The fourth-order valence-corrected chi connectivity index (χ4v) is 1.75. The van der Waals surface area contributed by atoms with Gasteiger partial charge in [-0.2, -0.15) is 0 Å². The van der Waals surface area contributed by atoms with Crippen molar-refractivity contribution >= 4 is 33.5 Å². The highest BCUT2D eigenvalue weighted by Crippen LogP contribution is 2.16. The average molecular weight is 326 g/mol. The first-order valence-electron chi connectivity index (χ1n) is 6.08. The minimum absolute atomic E-state index is 0.239. The maximum Gasteiger partial charge on any atom is 0.305 e. The van der Waals surface area contributed by atoms with Gasteiger partial charge in [-0.3, -0.25) is 4.79 Å². The zero-order valence-electron chi connectivity index (χ0n) is 10.7. The van der Waals surface area contributed by atoms with Crippen molar-refractivity contribution in [1.82, 2.24) is 0 Å². The Hall–Kier alpha value is -1.58. The molecule has 0 fully saturated rings. The van der Waals surface area contributed by atoms with Gasteiger partial charge in [0.1, 0.15) is 11.6 Å². The summed E-state index contributed by atoms with van der Waals surface area (Å²) in [5.74, 6) is 1.62. The molecule has 0 saturated heterocycles. The van der Waals surface area contributed by atoms with E-state index < -0.39 is 0 Å². The van der Waals surface area contributed by atoms with E-state index >= 15 is 0 Å². The summed E-state index contributed by atoms with van der Waals surface area (Å²) in [5.41, 5.74) is 1.25. The van der Waals surface area contributed by atoms with Gasteiger partial charge in [0.05, 0.1) is 6.61 Å². The van der Waals surface area contributed by atoms with Crippen LogP contribution in [0.15, 0.2) is 34.4 Å². The van der Waals surface area contributed by atoms with E-state index in [0.717, 1.165) is 10.2 Å². The van der Waals surface area contributed by atoms with E-state index in [1.54, 1.807) is 6.92 Å². The van der Waals surface area contributed by atoms with Crippen LogP contribution in [0.3, 0.4) is 0 Å². The Balaban J connectivity index is 2.40. The number of allylic oxidation sites excluding steroid dienone is 1. The molecule has 0 saturated carbocycles. The van der Waals surface area contributed by atoms with Gasteiger partial charge in [0.15, 0.2) is 0 Å². The summed E-state index contributed by atoms with van der Waals surface area (Å²) < 4.78 is 5.79. The number of nitrogens with one attached hydrogen (secondary N) is 1. The van der Waals surface area contributed by atoms with Crippen LogP contribution in [0.5, 0.6) is 0 Å². The van der Waals surface area contributed by atoms with Crippen molar-refractivity contribution in [3.05, 3.63) is 34.4 Å². The molecule has 19 heavy (non-hydrogen) atoms. The second kappa shape index (κ2) is 8.51. The summed E-state index contributed by atoms with van der Waals surface area (Å²) in [6.07, 6.45) is 1.34. The Morgan fingerprint density at radius 2 is 2.00 bits per heavy atom. The molecule has 0 aromatic heterocycles. The molecule has 5 heteroatoms. The smallest absolute Gasteiger partial charge is 0.305 e. The third-order valence-corrected chi connectivity index (χ3v) is 2.90. The highest BCUT2D eigenvalue weighted by molar-refractivity contribution is 9.10. The van der Waals surface area contributed by atoms with E-state index in [1.807, 2.05) is 30.2 Å². The van der Waals surface area contributed by atoms with E-state index in [2.05, 4.69) is 21.2 Å². The second-order valence-electron chi connectivity index (χ2n) is 3.87. The van der Waals surface area contributed by atoms with Crippen molar-refractivity contribution < 1.29 is 14.3 Å². The van der Waals surface area contributed by atoms with Crippen molar-refractivity contribution in [3.63, 3.8) is 0 Å². The van der Waals surface area contributed by atoms with Gasteiger partial charge in [-0.1, -0.05) is 15.9 Å². The fourth-order valence-electron chi connectivity index (χ4n) is 1.49. The van der Waals surface area contributed by atoms with Crippen molar-refractivity contribution in [1.29, 1.82) is 0 Å². The summed E-state index contributed by atoms with van der Waals surface area (Å²) in [4.78, 5) is 22.0. The highest BCUT2D eigenvalue weighted by Gasteiger charge is 2.04. The quantitative estimate of drug-likeness (QED) is 0.617. The molecule has 0 bridgehead atoms. The number of halogens is 1. The molecule has 1 N–H and O–H groups in total. The molecular weight excluding hydrogens is 310 g/mol. The lowest BCUT2D eigenvalue weighted by atomic mass is 10.2. The number of anilines is 1. The summed E-state index contributed by atoms with van der Waals surface area (Å²) >= 11 is 3.34. The maximum absolute atomic E-state index is 11.2. The molecule has 0 spiro atoms. The first-order valence-corrected chi connectivity index (χ1v) is 6.87. The Kier molecular flexibility index (Phi) is 6.93. The third-order valence-electron chi connectivity index (χ3n) is 2.38. The average Bonchev–Trinajstić information content (AvgIpc) is 2.40. The Bertz CT molecular complexity index is 464. The monoisotopic (exact) mass is 325 g/mol. The van der Waals surface area contributed by atoms with E-state index in [4.69, 9.17) is 4.74 Å². The third kappa shape index (κ3) is 6.22. The van der Waals surface area contributed by atoms with Gasteiger partial charge in [-0.05, 0) is 44.0 Å². The van der Waals surface area contributed by atoms with Crippen LogP contribution in [0.4, 0.5) is 5.69 Å². The van der Waals surface area contributed by atoms with Crippen molar-refractivity contribution in [3.8, 4) is 0 Å². The molecule has 0 aliphatic rings. The van der Waals surface area contributed by atoms with Gasteiger partial charge in [-0.25, -0.2) is 4.79 Å². The van der Waals surface area contributed by atoms with E-state index in [-0.39, 0.29) is 5.97 Å². The largest absolute Gasteiger partial charge is 0.466 e. The van der Waals surface area contributed by atoms with Crippen LogP contribution in [0, 0.1) is 0 Å². The minimum atomic E-state index is -0.239. The van der Waals surface area contributed by atoms with E-state index in [1.165, 1.54) is 0 Å². The minimum Gasteiger partial charge on any atom is -0.466 e. The number of carbonyl (C=O) groups is 1. The maximum atomic E-state index is 11.2. The molecule has 102 valence electrons. The molecule has 0 atom stereocenters. The van der Waals surface area contributed by atoms with Gasteiger partial charge in [0.2, 0.25) is 0 Å². The van der Waals surface area contributed by atoms with Gasteiger partial charge in [0, 0.05) is 16.6 Å². The summed E-state index contributed by atoms with van der Waals surface area (Å²) in [6.45, 7) is 2.15. The fraction of sp³-hybridized carbons (Fsp3) is 0.357. The Morgan fingerprint density at radius 1 is 1.32 bits per heavy atom. The van der Waals surface area contributed by atoms with Crippen molar-refractivity contribution in [2.24, 2.45) is 0 Å². The van der Waals surface area contributed by atoms with Crippen LogP contribution in [0.25, 0.3) is 0 Å². The van der Waals surface area contributed by atoms with Crippen LogP contribution in [-0.4, -0.2) is 18.5 Å². The van der Waals surface area contributed by atoms with Crippen LogP contribution < -0.4 is 5.32 Å². The van der Waals surface area contributed by atoms with Crippen LogP contribution in [-0.2, 0) is 14.3 Å². The van der Waals surface area contributed by atoms with Crippen molar-refractivity contribution in [2.45, 2.75) is 26.2 Å². The van der Waals surface area contributed by atoms with Gasteiger partial charge < -0.3 is 10.1 Å². The second-order valence-corrected chi connectivity index (χ2v) is 4.79. The molecule has 1 aromatic rings. The number of hydrogen-bond donors (Lipinski definition) is 1. The van der Waals surface area contributed by atoms with Crippen molar-refractivity contribution in [2.75, 3.05) is 11.9 Å². The van der Waals surface area contributed by atoms with Gasteiger partial charge in [0.25, 0.3) is 0 Å². The SMILES string of the molecule is CCOC(=O)CCCC(=C=O)Nc1ccc(Br)cc1. The first-order chi connectivity index (χ1) is 9.15. The molecule has 0 amide bonds. The van der Waals surface area contributed by atoms with Gasteiger partial charge >= 0.3 is 5.97 Å². The molecule has 0 radical (unpaired) electrons. The zero-order valence-corrected chi connectivity index (χ0v) is 12.3. The standard InChI is InChI=1S/C14H16BrNO3/c1-2-19-14(18)5-3-4-13(10-17)16-12-8-6-11(15)7-9-12/h6-9,16H,2-5H2,1H3. The molecule has 1 rings (SSSR count). The molecule has 1 aromatic carbocycles. The normalized spacial score (nSPS) is 9.58. The molecular formula is C14H16BrNO3. The highest BCUT2D eigenvalue weighted by atomic mass is 79.9. The summed E-state index contributed by atoms with van der Waals surface area (Å²) in [5, 5.41) is 2.98. The van der Waals surface area contributed by atoms with Gasteiger partial charge in [-0.15, -0.1) is 0 Å². The lowest BCUT2D eigenvalue weighted by Gasteiger charge is -2.07. The van der Waals surface area contributed by atoms with E-state index in [9.17, 15) is 9.59 Å². The van der Waals surface area contributed by atoms with Crippen LogP contribution >= 0.6 is 15.9 Å². The Labute approximate surface area is 121 Å². The number of benzene rings is 1.